The van der Waals surface area contributed by atoms with Crippen molar-refractivity contribution in [2.45, 2.75) is 26.3 Å². The van der Waals surface area contributed by atoms with Crippen LogP contribution in [0.3, 0.4) is 0 Å². The Morgan fingerprint density at radius 3 is 2.71 bits per heavy atom. The van der Waals surface area contributed by atoms with Crippen molar-refractivity contribution < 1.29 is 18.7 Å². The van der Waals surface area contributed by atoms with Crippen LogP contribution < -0.4 is 19.8 Å². The van der Waals surface area contributed by atoms with E-state index in [1.807, 2.05) is 32.0 Å². The maximum Gasteiger partial charge on any atom is 0.297 e. The molecule has 0 fully saturated rings. The summed E-state index contributed by atoms with van der Waals surface area (Å²) in [6, 6.07) is 9.95. The molecule has 2 aromatic heterocycles. The first kappa shape index (κ1) is 22.6. The number of hydrogen-bond donors (Lipinski definition) is 0. The highest BCUT2D eigenvalue weighted by molar-refractivity contribution is 9.10. The summed E-state index contributed by atoms with van der Waals surface area (Å²) in [7, 11) is 0. The third-order valence-corrected chi connectivity index (χ3v) is 6.77. The second-order valence-electron chi connectivity index (χ2n) is 7.69. The number of ether oxygens (including phenoxy) is 2. The average molecular weight is 541 g/mol. The number of carbonyl (C=O) groups excluding carboxylic acids is 1. The van der Waals surface area contributed by atoms with E-state index in [1.165, 1.54) is 16.2 Å². The molecule has 34 heavy (non-hydrogen) atoms. The Hall–Kier alpha value is -3.17. The smallest absolute Gasteiger partial charge is 0.297 e. The van der Waals surface area contributed by atoms with Gasteiger partial charge in [-0.15, -0.1) is 11.3 Å². The lowest BCUT2D eigenvalue weighted by atomic mass is 9.98. The third kappa shape index (κ3) is 3.78. The molecule has 0 aliphatic carbocycles. The molecule has 1 amide bonds. The van der Waals surface area contributed by atoms with Gasteiger partial charge < -0.3 is 13.9 Å². The second-order valence-corrected chi connectivity index (χ2v) is 9.48. The molecule has 5 rings (SSSR count). The first-order chi connectivity index (χ1) is 16.5. The van der Waals surface area contributed by atoms with E-state index >= 15 is 0 Å². The largest absolute Gasteiger partial charge is 0.490 e. The number of hydrogen-bond acceptors (Lipinski definition) is 7. The minimum Gasteiger partial charge on any atom is -0.490 e. The quantitative estimate of drug-likeness (QED) is 0.288. The van der Waals surface area contributed by atoms with Gasteiger partial charge in [0, 0.05) is 16.0 Å². The van der Waals surface area contributed by atoms with Crippen LogP contribution in [0.15, 0.2) is 61.7 Å². The third-order valence-electron chi connectivity index (χ3n) is 5.50. The van der Waals surface area contributed by atoms with Gasteiger partial charge in [0.1, 0.15) is 5.58 Å². The van der Waals surface area contributed by atoms with E-state index in [1.54, 1.807) is 29.8 Å². The number of carbonyl (C=O) groups is 1. The maximum absolute atomic E-state index is 13.7. The van der Waals surface area contributed by atoms with Crippen LogP contribution in [0.1, 0.15) is 48.0 Å². The molecule has 0 bridgehead atoms. The molecular weight excluding hydrogens is 520 g/mol. The Morgan fingerprint density at radius 2 is 1.97 bits per heavy atom. The molecule has 0 N–H and O–H groups in total. The summed E-state index contributed by atoms with van der Waals surface area (Å²) < 4.78 is 18.4. The normalized spacial score (nSPS) is 15.1. The lowest BCUT2D eigenvalue weighted by molar-refractivity contribution is 0.0971. The van der Waals surface area contributed by atoms with E-state index in [2.05, 4.69) is 20.9 Å². The fourth-order valence-electron chi connectivity index (χ4n) is 4.09. The van der Waals surface area contributed by atoms with E-state index in [0.717, 1.165) is 10.9 Å². The molecule has 0 saturated heterocycles. The van der Waals surface area contributed by atoms with Crippen LogP contribution in [0.5, 0.6) is 11.5 Å². The van der Waals surface area contributed by atoms with Gasteiger partial charge in [-0.3, -0.25) is 14.5 Å². The molecule has 1 atom stereocenters. The molecule has 0 spiro atoms. The number of rotatable bonds is 7. The molecule has 0 radical (unpaired) electrons. The predicted molar refractivity (Wildman–Crippen MR) is 134 cm³/mol. The minimum absolute atomic E-state index is 0.0318. The van der Waals surface area contributed by atoms with E-state index < -0.39 is 11.9 Å². The van der Waals surface area contributed by atoms with Gasteiger partial charge in [-0.2, -0.15) is 0 Å². The number of nitrogens with zero attached hydrogens (tertiary/aromatic N) is 2. The summed E-state index contributed by atoms with van der Waals surface area (Å²) in [5.74, 6) is 0.805. The molecule has 1 aliphatic heterocycles. The first-order valence-electron chi connectivity index (χ1n) is 10.9. The molecular formula is C25H21BrN2O5S. The van der Waals surface area contributed by atoms with Crippen molar-refractivity contribution in [2.75, 3.05) is 18.1 Å². The van der Waals surface area contributed by atoms with Crippen molar-refractivity contribution in [1.82, 2.24) is 4.98 Å². The Balaban J connectivity index is 1.74. The van der Waals surface area contributed by atoms with Crippen molar-refractivity contribution >= 4 is 49.3 Å². The van der Waals surface area contributed by atoms with Gasteiger partial charge in [-0.25, -0.2) is 4.98 Å². The Morgan fingerprint density at radius 1 is 1.12 bits per heavy atom. The summed E-state index contributed by atoms with van der Waals surface area (Å²) in [4.78, 5) is 33.1. The Kier molecular flexibility index (Phi) is 6.14. The molecule has 9 heteroatoms. The first-order valence-corrected chi connectivity index (χ1v) is 12.6. The number of halogens is 1. The molecule has 174 valence electrons. The van der Waals surface area contributed by atoms with Crippen LogP contribution in [0.4, 0.5) is 5.13 Å². The van der Waals surface area contributed by atoms with Gasteiger partial charge in [0.15, 0.2) is 22.1 Å². The minimum atomic E-state index is -0.715. The van der Waals surface area contributed by atoms with Crippen LogP contribution in [-0.4, -0.2) is 24.1 Å². The average Bonchev–Trinajstić information content (AvgIpc) is 3.46. The van der Waals surface area contributed by atoms with E-state index in [0.29, 0.717) is 46.4 Å². The molecule has 1 aliphatic rings. The van der Waals surface area contributed by atoms with Crippen LogP contribution in [-0.2, 0) is 0 Å². The number of anilines is 1. The van der Waals surface area contributed by atoms with Crippen LogP contribution in [0, 0.1) is 0 Å². The molecule has 3 heterocycles. The molecule has 1 unspecified atom stereocenters. The van der Waals surface area contributed by atoms with Crippen molar-refractivity contribution in [3.05, 3.63) is 79.6 Å². The summed E-state index contributed by atoms with van der Waals surface area (Å²) in [5, 5.41) is 2.67. The van der Waals surface area contributed by atoms with Crippen LogP contribution >= 0.6 is 27.3 Å². The zero-order valence-corrected chi connectivity index (χ0v) is 20.9. The molecule has 4 aromatic rings. The molecule has 2 aromatic carbocycles. The Bertz CT molecular complexity index is 1430. The van der Waals surface area contributed by atoms with Gasteiger partial charge in [0.25, 0.3) is 5.91 Å². The van der Waals surface area contributed by atoms with Gasteiger partial charge in [-0.05, 0) is 49.2 Å². The highest BCUT2D eigenvalue weighted by Crippen LogP contribution is 2.44. The van der Waals surface area contributed by atoms with E-state index in [4.69, 9.17) is 13.9 Å². The fourth-order valence-corrected chi connectivity index (χ4v) is 5.12. The van der Waals surface area contributed by atoms with Crippen LogP contribution in [0.25, 0.3) is 11.0 Å². The van der Waals surface area contributed by atoms with Crippen molar-refractivity contribution in [2.24, 2.45) is 0 Å². The highest BCUT2D eigenvalue weighted by atomic mass is 79.9. The fraction of sp³-hybridized carbons (Fsp3) is 0.240. The van der Waals surface area contributed by atoms with Gasteiger partial charge in [-0.1, -0.05) is 28.9 Å². The number of fused-ring (bicyclic) bond motifs is 2. The number of amides is 1. The summed E-state index contributed by atoms with van der Waals surface area (Å²) in [6.45, 7) is 4.93. The molecule has 7 nitrogen and oxygen atoms in total. The Labute approximate surface area is 208 Å². The SMILES string of the molecule is CCCOc1ccc(C2c3c(oc4ccc(Br)cc4c3=O)C(=O)N2c2nccs2)cc1OCC. The lowest BCUT2D eigenvalue weighted by Gasteiger charge is -2.23. The monoisotopic (exact) mass is 540 g/mol. The van der Waals surface area contributed by atoms with Gasteiger partial charge in [0.05, 0.1) is 30.2 Å². The summed E-state index contributed by atoms with van der Waals surface area (Å²) in [5.41, 5.74) is 1.10. The summed E-state index contributed by atoms with van der Waals surface area (Å²) >= 11 is 4.74. The predicted octanol–water partition coefficient (Wildman–Crippen LogP) is 5.95. The highest BCUT2D eigenvalue weighted by Gasteiger charge is 2.45. The lowest BCUT2D eigenvalue weighted by Crippen LogP contribution is -2.29. The number of thiazole rings is 1. The van der Waals surface area contributed by atoms with Crippen molar-refractivity contribution in [1.29, 1.82) is 0 Å². The van der Waals surface area contributed by atoms with Crippen molar-refractivity contribution in [3.63, 3.8) is 0 Å². The number of aromatic nitrogens is 1. The molecule has 0 saturated carbocycles. The van der Waals surface area contributed by atoms with Gasteiger partial charge in [0.2, 0.25) is 5.76 Å². The van der Waals surface area contributed by atoms with Crippen LogP contribution in [0.2, 0.25) is 0 Å². The second kappa shape index (κ2) is 9.23. The van der Waals surface area contributed by atoms with Crippen molar-refractivity contribution in [3.8, 4) is 11.5 Å². The zero-order chi connectivity index (χ0) is 23.8. The van der Waals surface area contributed by atoms with Gasteiger partial charge >= 0.3 is 0 Å². The van der Waals surface area contributed by atoms with E-state index in [-0.39, 0.29) is 16.8 Å². The topological polar surface area (TPSA) is 81.9 Å². The number of benzene rings is 2. The maximum atomic E-state index is 13.7. The zero-order valence-electron chi connectivity index (χ0n) is 18.5. The van der Waals surface area contributed by atoms with E-state index in [9.17, 15) is 9.59 Å². The standard InChI is InChI=1S/C25H21BrN2O5S/c1-3-10-32-18-7-5-14(12-19(18)31-4-2)21-20-22(29)16-13-15(26)6-8-17(16)33-23(20)24(30)28(21)25-27-9-11-34-25/h5-9,11-13,21H,3-4,10H2,1-2H3. The summed E-state index contributed by atoms with van der Waals surface area (Å²) in [6.07, 6.45) is 2.49.